The lowest BCUT2D eigenvalue weighted by molar-refractivity contribution is 0.474. The average molecular weight is 136 g/mol. The van der Waals surface area contributed by atoms with E-state index in [1.54, 1.807) is 4.72 Å². The Morgan fingerprint density at radius 1 is 1.62 bits per heavy atom. The van der Waals surface area contributed by atoms with Crippen LogP contribution in [0.3, 0.4) is 0 Å². The normalized spacial score (nSPS) is 11.1. The van der Waals surface area contributed by atoms with Crippen LogP contribution in [0.15, 0.2) is 12.7 Å². The van der Waals surface area contributed by atoms with Gasteiger partial charge in [0.25, 0.3) is 0 Å². The SMILES string of the molecule is C=C[CH]NS(=O)(=O)O. The van der Waals surface area contributed by atoms with E-state index in [-0.39, 0.29) is 0 Å². The van der Waals surface area contributed by atoms with Gasteiger partial charge in [0.15, 0.2) is 0 Å². The smallest absolute Gasteiger partial charge is 0.273 e. The summed E-state index contributed by atoms with van der Waals surface area (Å²) in [5.41, 5.74) is 0. The molecule has 0 amide bonds. The van der Waals surface area contributed by atoms with E-state index < -0.39 is 10.3 Å². The van der Waals surface area contributed by atoms with Crippen LogP contribution in [0.2, 0.25) is 0 Å². The molecule has 0 aliphatic rings. The first-order valence-corrected chi connectivity index (χ1v) is 3.19. The van der Waals surface area contributed by atoms with Gasteiger partial charge in [-0.3, -0.25) is 4.55 Å². The van der Waals surface area contributed by atoms with E-state index >= 15 is 0 Å². The van der Waals surface area contributed by atoms with Gasteiger partial charge >= 0.3 is 10.3 Å². The minimum Gasteiger partial charge on any atom is -0.273 e. The van der Waals surface area contributed by atoms with Gasteiger partial charge in [-0.05, 0) is 0 Å². The third kappa shape index (κ3) is 5.61. The largest absolute Gasteiger partial charge is 0.333 e. The van der Waals surface area contributed by atoms with Crippen molar-refractivity contribution in [3.05, 3.63) is 19.2 Å². The minimum absolute atomic E-state index is 1.01. The van der Waals surface area contributed by atoms with Crippen molar-refractivity contribution in [1.29, 1.82) is 0 Å². The van der Waals surface area contributed by atoms with E-state index in [4.69, 9.17) is 4.55 Å². The van der Waals surface area contributed by atoms with E-state index in [9.17, 15) is 8.42 Å². The Morgan fingerprint density at radius 2 is 2.12 bits per heavy atom. The van der Waals surface area contributed by atoms with Gasteiger partial charge in [0.05, 0.1) is 6.54 Å². The molecule has 0 aliphatic heterocycles. The van der Waals surface area contributed by atoms with Gasteiger partial charge in [0.2, 0.25) is 0 Å². The molecule has 5 heteroatoms. The fourth-order valence-electron chi connectivity index (χ4n) is 0.134. The Balaban J connectivity index is 3.57. The average Bonchev–Trinajstić information content (AvgIpc) is 1.59. The fourth-order valence-corrected chi connectivity index (χ4v) is 0.402. The molecule has 0 aliphatic carbocycles. The number of hydrogen-bond donors (Lipinski definition) is 2. The van der Waals surface area contributed by atoms with Crippen molar-refractivity contribution < 1.29 is 13.0 Å². The van der Waals surface area contributed by atoms with Gasteiger partial charge in [-0.2, -0.15) is 13.1 Å². The molecule has 4 nitrogen and oxygen atoms in total. The maximum Gasteiger partial charge on any atom is 0.333 e. The summed E-state index contributed by atoms with van der Waals surface area (Å²) in [6, 6.07) is 0. The maximum absolute atomic E-state index is 9.76. The molecular weight excluding hydrogens is 130 g/mol. The highest BCUT2D eigenvalue weighted by Crippen LogP contribution is 1.74. The molecule has 0 spiro atoms. The second kappa shape index (κ2) is 2.81. The van der Waals surface area contributed by atoms with Crippen LogP contribution in [0.4, 0.5) is 0 Å². The molecule has 0 aromatic carbocycles. The highest BCUT2D eigenvalue weighted by atomic mass is 32.2. The number of rotatable bonds is 3. The highest BCUT2D eigenvalue weighted by molar-refractivity contribution is 7.83. The summed E-state index contributed by atoms with van der Waals surface area (Å²) < 4.78 is 29.1. The van der Waals surface area contributed by atoms with Crippen molar-refractivity contribution in [1.82, 2.24) is 4.72 Å². The molecule has 0 saturated carbocycles. The lowest BCUT2D eigenvalue weighted by Gasteiger charge is -1.90. The molecule has 2 N–H and O–H groups in total. The van der Waals surface area contributed by atoms with E-state index in [0.717, 1.165) is 6.54 Å². The quantitative estimate of drug-likeness (QED) is 0.525. The van der Waals surface area contributed by atoms with E-state index in [2.05, 4.69) is 6.58 Å². The van der Waals surface area contributed by atoms with Gasteiger partial charge in [-0.25, -0.2) is 0 Å². The van der Waals surface area contributed by atoms with Crippen LogP contribution in [0.5, 0.6) is 0 Å². The van der Waals surface area contributed by atoms with Crippen LogP contribution in [0.1, 0.15) is 0 Å². The monoisotopic (exact) mass is 136 g/mol. The molecule has 0 fully saturated rings. The van der Waals surface area contributed by atoms with Crippen molar-refractivity contribution in [3.8, 4) is 0 Å². The predicted octanol–water partition coefficient (Wildman–Crippen LogP) is -0.273. The molecule has 0 atom stereocenters. The summed E-state index contributed by atoms with van der Waals surface area (Å²) >= 11 is 0. The highest BCUT2D eigenvalue weighted by Gasteiger charge is 1.96. The topological polar surface area (TPSA) is 66.4 Å². The predicted molar refractivity (Wildman–Crippen MR) is 29.2 cm³/mol. The molecule has 0 saturated heterocycles. The molecule has 1 radical (unpaired) electrons. The Kier molecular flexibility index (Phi) is 2.67. The van der Waals surface area contributed by atoms with Crippen molar-refractivity contribution in [2.24, 2.45) is 0 Å². The summed E-state index contributed by atoms with van der Waals surface area (Å²) in [6.45, 7) is 4.18. The number of hydrogen-bond acceptors (Lipinski definition) is 2. The molecule has 0 unspecified atom stereocenters. The Labute approximate surface area is 48.1 Å². The molecule has 0 aromatic rings. The zero-order valence-electron chi connectivity index (χ0n) is 4.03. The lowest BCUT2D eigenvalue weighted by Crippen LogP contribution is -2.18. The summed E-state index contributed by atoms with van der Waals surface area (Å²) in [5, 5.41) is 0. The van der Waals surface area contributed by atoms with Crippen LogP contribution < -0.4 is 4.72 Å². The Morgan fingerprint density at radius 3 is 2.25 bits per heavy atom. The third-order valence-corrected chi connectivity index (χ3v) is 0.769. The first-order chi connectivity index (χ1) is 3.56. The van der Waals surface area contributed by atoms with Crippen LogP contribution in [0, 0.1) is 6.54 Å². The molecule has 0 aromatic heterocycles. The van der Waals surface area contributed by atoms with E-state index in [1.165, 1.54) is 6.08 Å². The fraction of sp³-hybridized carbons (Fsp3) is 0. The molecule has 0 rings (SSSR count). The number of nitrogens with one attached hydrogen (secondary N) is 1. The van der Waals surface area contributed by atoms with Crippen molar-refractivity contribution in [2.75, 3.05) is 0 Å². The van der Waals surface area contributed by atoms with Gasteiger partial charge in [0, 0.05) is 0 Å². The summed E-state index contributed by atoms with van der Waals surface area (Å²) in [5.74, 6) is 0. The summed E-state index contributed by atoms with van der Waals surface area (Å²) in [4.78, 5) is 0. The van der Waals surface area contributed by atoms with Gasteiger partial charge in [0.1, 0.15) is 0 Å². The van der Waals surface area contributed by atoms with Crippen molar-refractivity contribution in [2.45, 2.75) is 0 Å². The van der Waals surface area contributed by atoms with Crippen molar-refractivity contribution >= 4 is 10.3 Å². The zero-order chi connectivity index (χ0) is 6.62. The zero-order valence-corrected chi connectivity index (χ0v) is 4.85. The lowest BCUT2D eigenvalue weighted by atomic mass is 10.7. The standard InChI is InChI=1S/C3H6NO3S/c1-2-3-4-8(5,6)7/h2-4H,1H2,(H,5,6,7). The first kappa shape index (κ1) is 7.61. The second-order valence-corrected chi connectivity index (χ2v) is 2.18. The van der Waals surface area contributed by atoms with Crippen LogP contribution in [0.25, 0.3) is 0 Å². The molecular formula is C3H6NO3S. The summed E-state index contributed by atoms with van der Waals surface area (Å²) in [6.07, 6.45) is 1.20. The molecule has 0 bridgehead atoms. The minimum atomic E-state index is -4.06. The Hall–Kier alpha value is -0.390. The summed E-state index contributed by atoms with van der Waals surface area (Å²) in [7, 11) is -4.06. The van der Waals surface area contributed by atoms with Crippen LogP contribution in [-0.2, 0) is 10.3 Å². The Bertz CT molecular complexity index is 159. The molecule has 47 valence electrons. The second-order valence-electron chi connectivity index (χ2n) is 0.995. The third-order valence-electron chi connectivity index (χ3n) is 0.335. The maximum atomic E-state index is 9.76. The molecule has 8 heavy (non-hydrogen) atoms. The first-order valence-electron chi connectivity index (χ1n) is 1.75. The van der Waals surface area contributed by atoms with E-state index in [1.807, 2.05) is 0 Å². The van der Waals surface area contributed by atoms with Crippen LogP contribution >= 0.6 is 0 Å². The van der Waals surface area contributed by atoms with Gasteiger partial charge in [-0.1, -0.05) is 6.08 Å². The van der Waals surface area contributed by atoms with Crippen LogP contribution in [-0.4, -0.2) is 13.0 Å². The van der Waals surface area contributed by atoms with Crippen molar-refractivity contribution in [3.63, 3.8) is 0 Å². The van der Waals surface area contributed by atoms with Gasteiger partial charge in [-0.15, -0.1) is 6.58 Å². The molecule has 0 heterocycles. The van der Waals surface area contributed by atoms with Gasteiger partial charge < -0.3 is 0 Å². The van der Waals surface area contributed by atoms with E-state index in [0.29, 0.717) is 0 Å².